The Morgan fingerprint density at radius 1 is 1.19 bits per heavy atom. The van der Waals surface area contributed by atoms with Crippen LogP contribution in [-0.4, -0.2) is 16.8 Å². The summed E-state index contributed by atoms with van der Waals surface area (Å²) in [7, 11) is 0. The van der Waals surface area contributed by atoms with E-state index in [1.165, 1.54) is 25.6 Å². The van der Waals surface area contributed by atoms with E-state index in [0.717, 1.165) is 22.0 Å². The lowest BCUT2D eigenvalue weighted by molar-refractivity contribution is -0.662. The standard InChI is InChI=1S/C16H18NO2S2/c1-4-17-15(20-16(11(2)18)12(3)19)10-14(21-17)13-8-6-5-7-9-13/h5-10,16H,4H2,1-3H3/q+1. The van der Waals surface area contributed by atoms with E-state index >= 15 is 0 Å². The van der Waals surface area contributed by atoms with E-state index in [1.807, 2.05) is 18.2 Å². The Labute approximate surface area is 133 Å². The molecule has 0 aliphatic heterocycles. The molecule has 0 fully saturated rings. The van der Waals surface area contributed by atoms with Gasteiger partial charge in [0.05, 0.1) is 0 Å². The van der Waals surface area contributed by atoms with Gasteiger partial charge in [-0.15, -0.1) is 3.96 Å². The number of nitrogens with zero attached hydrogens (tertiary/aromatic N) is 1. The lowest BCUT2D eigenvalue weighted by Gasteiger charge is -2.05. The van der Waals surface area contributed by atoms with Crippen molar-refractivity contribution in [3.8, 4) is 10.4 Å². The van der Waals surface area contributed by atoms with Gasteiger partial charge in [0.2, 0.25) is 0 Å². The zero-order valence-electron chi connectivity index (χ0n) is 12.3. The van der Waals surface area contributed by atoms with Crippen molar-refractivity contribution in [1.82, 2.24) is 0 Å². The van der Waals surface area contributed by atoms with Crippen LogP contribution in [0.2, 0.25) is 0 Å². The normalized spacial score (nSPS) is 10.9. The van der Waals surface area contributed by atoms with E-state index in [9.17, 15) is 9.59 Å². The van der Waals surface area contributed by atoms with Gasteiger partial charge in [-0.2, -0.15) is 0 Å². The van der Waals surface area contributed by atoms with Crippen molar-refractivity contribution < 1.29 is 13.5 Å². The zero-order valence-corrected chi connectivity index (χ0v) is 14.0. The second kappa shape index (κ2) is 7.00. The fourth-order valence-corrected chi connectivity index (χ4v) is 4.24. The maximum absolute atomic E-state index is 11.6. The smallest absolute Gasteiger partial charge is 0.256 e. The first-order valence-corrected chi connectivity index (χ1v) is 8.45. The largest absolute Gasteiger partial charge is 0.298 e. The molecule has 21 heavy (non-hydrogen) atoms. The van der Waals surface area contributed by atoms with E-state index < -0.39 is 5.25 Å². The van der Waals surface area contributed by atoms with E-state index in [4.69, 9.17) is 0 Å². The minimum absolute atomic E-state index is 0.0948. The molecule has 2 aromatic rings. The molecular formula is C16H18NO2S2+. The molecule has 0 radical (unpaired) electrons. The Morgan fingerprint density at radius 2 is 1.81 bits per heavy atom. The van der Waals surface area contributed by atoms with Crippen LogP contribution in [0.4, 0.5) is 0 Å². The van der Waals surface area contributed by atoms with Crippen molar-refractivity contribution in [2.75, 3.05) is 0 Å². The Hall–Kier alpha value is -1.46. The Kier molecular flexibility index (Phi) is 5.31. The summed E-state index contributed by atoms with van der Waals surface area (Å²) < 4.78 is 2.12. The number of benzene rings is 1. The summed E-state index contributed by atoms with van der Waals surface area (Å²) >= 11 is 3.00. The van der Waals surface area contributed by atoms with E-state index in [0.29, 0.717) is 0 Å². The lowest BCUT2D eigenvalue weighted by atomic mass is 10.2. The highest BCUT2D eigenvalue weighted by atomic mass is 32.2. The zero-order chi connectivity index (χ0) is 15.4. The number of hydrogen-bond donors (Lipinski definition) is 0. The van der Waals surface area contributed by atoms with Crippen molar-refractivity contribution in [3.63, 3.8) is 0 Å². The summed E-state index contributed by atoms with van der Waals surface area (Å²) in [6.45, 7) is 5.83. The molecule has 1 heterocycles. The molecule has 0 N–H and O–H groups in total. The Morgan fingerprint density at radius 3 is 2.33 bits per heavy atom. The lowest BCUT2D eigenvalue weighted by Crippen LogP contribution is -2.31. The van der Waals surface area contributed by atoms with Gasteiger partial charge in [-0.05, 0) is 38.1 Å². The Balaban J connectivity index is 2.34. The minimum atomic E-state index is -0.610. The highest BCUT2D eigenvalue weighted by molar-refractivity contribution is 8.01. The molecule has 0 saturated carbocycles. The van der Waals surface area contributed by atoms with Crippen LogP contribution in [0, 0.1) is 0 Å². The first-order valence-electron chi connectivity index (χ1n) is 6.80. The minimum Gasteiger partial charge on any atom is -0.298 e. The fraction of sp³-hybridized carbons (Fsp3) is 0.312. The molecule has 0 amide bonds. The number of hydrogen-bond acceptors (Lipinski definition) is 4. The van der Waals surface area contributed by atoms with Crippen LogP contribution in [-0.2, 0) is 16.1 Å². The van der Waals surface area contributed by atoms with Crippen LogP contribution in [0.1, 0.15) is 20.8 Å². The summed E-state index contributed by atoms with van der Waals surface area (Å²) in [6, 6.07) is 12.2. The van der Waals surface area contributed by atoms with E-state index in [1.54, 1.807) is 11.5 Å². The number of rotatable bonds is 6. The molecule has 1 aromatic carbocycles. The van der Waals surface area contributed by atoms with Gasteiger partial charge in [-0.3, -0.25) is 9.59 Å². The van der Waals surface area contributed by atoms with Crippen LogP contribution in [0.15, 0.2) is 41.4 Å². The van der Waals surface area contributed by atoms with Crippen molar-refractivity contribution in [2.45, 2.75) is 37.6 Å². The molecule has 0 aliphatic carbocycles. The summed E-state index contributed by atoms with van der Waals surface area (Å²) in [6.07, 6.45) is 0. The number of ketones is 2. The number of aryl methyl sites for hydroxylation is 1. The van der Waals surface area contributed by atoms with E-state index in [2.05, 4.69) is 29.1 Å². The summed E-state index contributed by atoms with van der Waals surface area (Å²) in [5, 5.41) is 0.359. The molecule has 0 bridgehead atoms. The summed E-state index contributed by atoms with van der Waals surface area (Å²) in [4.78, 5) is 24.4. The summed E-state index contributed by atoms with van der Waals surface area (Å²) in [5.41, 5.74) is 1.15. The van der Waals surface area contributed by atoms with Gasteiger partial charge >= 0.3 is 0 Å². The summed E-state index contributed by atoms with van der Waals surface area (Å²) in [5.74, 6) is -0.190. The molecule has 0 unspecified atom stereocenters. The SMILES string of the molecule is CC[n+]1sc(-c2ccccc2)cc1SC(C(C)=O)C(C)=O. The fourth-order valence-electron chi connectivity index (χ4n) is 2.00. The van der Waals surface area contributed by atoms with Gasteiger partial charge in [0.25, 0.3) is 5.03 Å². The second-order valence-corrected chi connectivity index (χ2v) is 6.91. The maximum atomic E-state index is 11.6. The third kappa shape index (κ3) is 3.80. The highest BCUT2D eigenvalue weighted by Crippen LogP contribution is 2.30. The molecule has 3 nitrogen and oxygen atoms in total. The molecule has 0 saturated heterocycles. The predicted molar refractivity (Wildman–Crippen MR) is 86.6 cm³/mol. The number of Topliss-reactive ketones (excluding diaryl/α,β-unsaturated/α-hetero) is 2. The Bertz CT molecular complexity index is 636. The molecule has 0 spiro atoms. The van der Waals surface area contributed by atoms with Gasteiger partial charge in [0.15, 0.2) is 18.1 Å². The molecule has 1 aromatic heterocycles. The van der Waals surface area contributed by atoms with Crippen LogP contribution >= 0.6 is 23.3 Å². The highest BCUT2D eigenvalue weighted by Gasteiger charge is 2.27. The second-order valence-electron chi connectivity index (χ2n) is 4.72. The van der Waals surface area contributed by atoms with Crippen molar-refractivity contribution in [1.29, 1.82) is 0 Å². The van der Waals surface area contributed by atoms with Crippen LogP contribution in [0.3, 0.4) is 0 Å². The number of carbonyl (C=O) groups excluding carboxylic acids is 2. The van der Waals surface area contributed by atoms with E-state index in [-0.39, 0.29) is 11.6 Å². The number of thioether (sulfide) groups is 1. The third-order valence-electron chi connectivity index (χ3n) is 3.03. The van der Waals surface area contributed by atoms with Gasteiger partial charge in [0, 0.05) is 6.07 Å². The van der Waals surface area contributed by atoms with Crippen molar-refractivity contribution in [3.05, 3.63) is 36.4 Å². The molecule has 5 heteroatoms. The predicted octanol–water partition coefficient (Wildman–Crippen LogP) is 3.36. The average Bonchev–Trinajstić information content (AvgIpc) is 2.88. The number of carbonyl (C=O) groups is 2. The topological polar surface area (TPSA) is 38.0 Å². The first-order chi connectivity index (χ1) is 10.0. The maximum Gasteiger partial charge on any atom is 0.256 e. The molecule has 0 aliphatic rings. The van der Waals surface area contributed by atoms with Crippen LogP contribution in [0.25, 0.3) is 10.4 Å². The molecule has 110 valence electrons. The number of aromatic nitrogens is 1. The monoisotopic (exact) mass is 320 g/mol. The third-order valence-corrected chi connectivity index (χ3v) is 5.85. The quantitative estimate of drug-likeness (QED) is 0.465. The molecule has 2 rings (SSSR count). The van der Waals surface area contributed by atoms with Crippen molar-refractivity contribution >= 4 is 34.9 Å². The van der Waals surface area contributed by atoms with Crippen LogP contribution < -0.4 is 3.96 Å². The van der Waals surface area contributed by atoms with Gasteiger partial charge in [0.1, 0.15) is 21.7 Å². The molecule has 0 atom stereocenters. The van der Waals surface area contributed by atoms with Gasteiger partial charge in [-0.1, -0.05) is 30.3 Å². The average molecular weight is 320 g/mol. The van der Waals surface area contributed by atoms with Crippen molar-refractivity contribution in [2.24, 2.45) is 0 Å². The first kappa shape index (κ1) is 15.9. The van der Waals surface area contributed by atoms with Gasteiger partial charge < -0.3 is 0 Å². The van der Waals surface area contributed by atoms with Gasteiger partial charge in [-0.25, -0.2) is 0 Å². The molecular weight excluding hydrogens is 302 g/mol. The van der Waals surface area contributed by atoms with Crippen LogP contribution in [0.5, 0.6) is 0 Å².